The second-order valence-corrected chi connectivity index (χ2v) is 10.2. The van der Waals surface area contributed by atoms with Crippen LogP contribution in [0.15, 0.2) is 30.3 Å². The van der Waals surface area contributed by atoms with Crippen LogP contribution in [0.5, 0.6) is 0 Å². The summed E-state index contributed by atoms with van der Waals surface area (Å²) in [7, 11) is 7.08. The first-order valence-corrected chi connectivity index (χ1v) is 13.8. The molecule has 0 spiro atoms. The predicted octanol–water partition coefficient (Wildman–Crippen LogP) is 3.12. The molecule has 3 rings (SSSR count). The predicted molar refractivity (Wildman–Crippen MR) is 160 cm³/mol. The lowest BCUT2D eigenvalue weighted by atomic mass is 10.1. The first kappa shape index (κ1) is 38.9. The number of amides is 2. The van der Waals surface area contributed by atoms with Gasteiger partial charge in [-0.25, -0.2) is 0 Å². The highest BCUT2D eigenvalue weighted by Crippen LogP contribution is 2.21. The summed E-state index contributed by atoms with van der Waals surface area (Å²) in [6, 6.07) is 11.4. The van der Waals surface area contributed by atoms with Gasteiger partial charge < -0.3 is 35.1 Å². The Morgan fingerprint density at radius 2 is 1.65 bits per heavy atom. The molecule has 0 radical (unpaired) electrons. The van der Waals surface area contributed by atoms with E-state index in [-0.39, 0.29) is 31.5 Å². The summed E-state index contributed by atoms with van der Waals surface area (Å²) in [6.07, 6.45) is 5.87. The number of carbonyl (C=O) groups is 4. The van der Waals surface area contributed by atoms with Gasteiger partial charge in [-0.3, -0.25) is 9.59 Å². The van der Waals surface area contributed by atoms with Gasteiger partial charge in [0.25, 0.3) is 0 Å². The van der Waals surface area contributed by atoms with Gasteiger partial charge in [-0.15, -0.1) is 0 Å². The van der Waals surface area contributed by atoms with E-state index in [1.165, 1.54) is 24.8 Å². The van der Waals surface area contributed by atoms with Crippen molar-refractivity contribution >= 4 is 30.1 Å². The Hall–Kier alpha value is -3.29. The monoisotopic (exact) mass is 561 g/mol. The molecule has 2 fully saturated rings. The molecule has 0 bridgehead atoms. The van der Waals surface area contributed by atoms with Gasteiger partial charge in [0.1, 0.15) is 18.6 Å². The Morgan fingerprint density at radius 1 is 1.12 bits per heavy atom. The van der Waals surface area contributed by atoms with Gasteiger partial charge in [-0.2, -0.15) is 5.26 Å². The van der Waals surface area contributed by atoms with E-state index in [2.05, 4.69) is 31.4 Å². The molecule has 1 heterocycles. The van der Waals surface area contributed by atoms with E-state index in [0.29, 0.717) is 12.7 Å². The zero-order valence-corrected chi connectivity index (χ0v) is 25.4. The van der Waals surface area contributed by atoms with Crippen molar-refractivity contribution < 1.29 is 24.3 Å². The summed E-state index contributed by atoms with van der Waals surface area (Å²) in [5.41, 5.74) is 1.16. The van der Waals surface area contributed by atoms with Crippen LogP contribution in [-0.4, -0.2) is 92.7 Å². The van der Waals surface area contributed by atoms with Crippen LogP contribution in [0.2, 0.25) is 0 Å². The van der Waals surface area contributed by atoms with Gasteiger partial charge >= 0.3 is 0 Å². The number of hydrogen-bond donors (Lipinski definition) is 3. The molecule has 1 saturated heterocycles. The van der Waals surface area contributed by atoms with Crippen LogP contribution in [0.1, 0.15) is 59.3 Å². The molecule has 2 unspecified atom stereocenters. The fourth-order valence-corrected chi connectivity index (χ4v) is 3.48. The van der Waals surface area contributed by atoms with Gasteiger partial charge in [0.15, 0.2) is 0 Å². The first-order valence-electron chi connectivity index (χ1n) is 13.8. The fourth-order valence-electron chi connectivity index (χ4n) is 3.48. The van der Waals surface area contributed by atoms with E-state index in [1.807, 2.05) is 57.5 Å². The van der Waals surface area contributed by atoms with Gasteiger partial charge in [0.2, 0.25) is 11.8 Å². The maximum atomic E-state index is 12.0. The van der Waals surface area contributed by atoms with Crippen molar-refractivity contribution in [3.05, 3.63) is 30.3 Å². The van der Waals surface area contributed by atoms with Crippen molar-refractivity contribution in [1.82, 2.24) is 15.1 Å². The number of nitrogens with zero attached hydrogens (tertiary/aromatic N) is 3. The highest BCUT2D eigenvalue weighted by molar-refractivity contribution is 5.91. The van der Waals surface area contributed by atoms with Gasteiger partial charge in [0.05, 0.1) is 25.1 Å². The third-order valence-electron chi connectivity index (χ3n) is 5.44. The minimum Gasteiger partial charge on any atom is -0.393 e. The topological polar surface area (TPSA) is 143 Å². The average molecular weight is 562 g/mol. The molecule has 10 heteroatoms. The second kappa shape index (κ2) is 24.7. The Kier molecular flexibility index (Phi) is 24.0. The molecule has 2 atom stereocenters. The molecular formula is C30H51N5O5. The molecule has 1 saturated carbocycles. The van der Waals surface area contributed by atoms with E-state index in [1.54, 1.807) is 0 Å². The summed E-state index contributed by atoms with van der Waals surface area (Å²) in [4.78, 5) is 46.7. The van der Waals surface area contributed by atoms with Crippen LogP contribution in [-0.2, 0) is 19.2 Å². The van der Waals surface area contributed by atoms with Crippen molar-refractivity contribution in [3.8, 4) is 6.07 Å². The molecule has 3 N–H and O–H groups in total. The number of aliphatic hydroxyl groups is 1. The van der Waals surface area contributed by atoms with Crippen LogP contribution in [0.25, 0.3) is 0 Å². The van der Waals surface area contributed by atoms with Crippen LogP contribution in [0, 0.1) is 23.2 Å². The van der Waals surface area contributed by atoms with Gasteiger partial charge in [-0.1, -0.05) is 51.8 Å². The summed E-state index contributed by atoms with van der Waals surface area (Å²) in [5, 5.41) is 23.4. The maximum Gasteiger partial charge on any atom is 0.243 e. The number of anilines is 1. The number of likely N-dealkylation sites (N-methyl/N-ethyl adjacent to an activating group) is 1. The molecule has 1 aromatic rings. The van der Waals surface area contributed by atoms with Crippen molar-refractivity contribution in [2.45, 2.75) is 71.4 Å². The number of nitriles is 1. The number of rotatable bonds is 6. The Balaban J connectivity index is 0. The summed E-state index contributed by atoms with van der Waals surface area (Å²) >= 11 is 0. The molecule has 2 aliphatic rings. The Bertz CT molecular complexity index is 851. The number of nitrogens with one attached hydrogen (secondary N) is 2. The molecule has 1 aliphatic carbocycles. The van der Waals surface area contributed by atoms with Crippen molar-refractivity contribution in [1.29, 1.82) is 5.26 Å². The summed E-state index contributed by atoms with van der Waals surface area (Å²) < 4.78 is 0. The highest BCUT2D eigenvalue weighted by atomic mass is 16.3. The number of likely N-dealkylation sites (tertiary alicyclic amines) is 1. The number of para-hydroxylation sites is 1. The third-order valence-corrected chi connectivity index (χ3v) is 5.44. The van der Waals surface area contributed by atoms with E-state index < -0.39 is 17.9 Å². The number of aldehydes is 2. The lowest BCUT2D eigenvalue weighted by Crippen LogP contribution is -2.43. The normalized spacial score (nSPS) is 17.1. The molecule has 1 aromatic carbocycles. The maximum absolute atomic E-state index is 12.0. The van der Waals surface area contributed by atoms with E-state index in [9.17, 15) is 19.2 Å². The fraction of sp³-hybridized carbons (Fsp3) is 0.633. The molecule has 226 valence electrons. The lowest BCUT2D eigenvalue weighted by molar-refractivity contribution is -0.140. The number of benzene rings is 1. The summed E-state index contributed by atoms with van der Waals surface area (Å²) in [6.45, 7) is 6.51. The number of hydrogen-bond acceptors (Lipinski definition) is 8. The van der Waals surface area contributed by atoms with Crippen molar-refractivity contribution in [2.75, 3.05) is 46.6 Å². The SMILES string of the molecule is CC(C)C.CN(CC(=O)N1CC(C=O)CC1C#N)C(=O)CC=O.CNC.CNc1ccccc1.OC1CCCC1. The Labute approximate surface area is 241 Å². The minimum absolute atomic E-state index is 0.0463. The standard InChI is InChI=1S/C12H15N3O4.C7H9N.C5H10O.C4H10.C2H7N/c1-14(11(18)2-3-16)7-12(19)15-6-9(8-17)4-10(15)5-13;1-8-7-5-3-2-4-6-7;6-5-3-1-2-4-5;1-4(2)3;1-3-2/h3,8-10H,2,4,6-7H2,1H3;2-6,8H,1H3;5-6H,1-4H2;4H,1-3H3;3H,1-2H3. The van der Waals surface area contributed by atoms with Crippen LogP contribution >= 0.6 is 0 Å². The first-order chi connectivity index (χ1) is 19.0. The van der Waals surface area contributed by atoms with E-state index >= 15 is 0 Å². The minimum atomic E-state index is -0.628. The lowest BCUT2D eigenvalue weighted by Gasteiger charge is -2.23. The zero-order chi connectivity index (χ0) is 30.9. The largest absolute Gasteiger partial charge is 0.393 e. The van der Waals surface area contributed by atoms with E-state index in [0.717, 1.165) is 35.6 Å². The van der Waals surface area contributed by atoms with Gasteiger partial charge in [0, 0.05) is 32.2 Å². The smallest absolute Gasteiger partial charge is 0.243 e. The Morgan fingerprint density at radius 3 is 2.00 bits per heavy atom. The van der Waals surface area contributed by atoms with Crippen molar-refractivity contribution in [2.24, 2.45) is 11.8 Å². The average Bonchev–Trinajstić information content (AvgIpc) is 3.59. The highest BCUT2D eigenvalue weighted by Gasteiger charge is 2.35. The molecule has 2 amide bonds. The molecule has 1 aliphatic heterocycles. The molecule has 0 aromatic heterocycles. The van der Waals surface area contributed by atoms with Crippen LogP contribution in [0.3, 0.4) is 0 Å². The van der Waals surface area contributed by atoms with Crippen molar-refractivity contribution in [3.63, 3.8) is 0 Å². The number of carbonyl (C=O) groups excluding carboxylic acids is 4. The molecular weight excluding hydrogens is 510 g/mol. The zero-order valence-electron chi connectivity index (χ0n) is 25.4. The number of aliphatic hydroxyl groups excluding tert-OH is 1. The van der Waals surface area contributed by atoms with E-state index in [4.69, 9.17) is 10.4 Å². The molecule has 40 heavy (non-hydrogen) atoms. The van der Waals surface area contributed by atoms with Crippen LogP contribution < -0.4 is 10.6 Å². The second-order valence-electron chi connectivity index (χ2n) is 10.2. The third kappa shape index (κ3) is 19.7. The van der Waals surface area contributed by atoms with Crippen LogP contribution in [0.4, 0.5) is 5.69 Å². The molecule has 10 nitrogen and oxygen atoms in total. The quantitative estimate of drug-likeness (QED) is 0.355. The summed E-state index contributed by atoms with van der Waals surface area (Å²) in [5.74, 6) is -0.342. The van der Waals surface area contributed by atoms with Gasteiger partial charge in [-0.05, 0) is 51.4 Å².